The van der Waals surface area contributed by atoms with Crippen molar-refractivity contribution >= 4 is 16.9 Å². The smallest absolute Gasteiger partial charge is 0.191 e. The molecule has 3 aromatic rings. The molecule has 0 saturated heterocycles. The minimum atomic E-state index is 0.749. The highest BCUT2D eigenvalue weighted by Crippen LogP contribution is 2.17. The number of aromatic amines is 1. The first-order valence-corrected chi connectivity index (χ1v) is 8.41. The minimum absolute atomic E-state index is 0.749. The third-order valence-electron chi connectivity index (χ3n) is 3.86. The van der Waals surface area contributed by atoms with Gasteiger partial charge in [-0.2, -0.15) is 5.10 Å². The fourth-order valence-electron chi connectivity index (χ4n) is 2.69. The third-order valence-corrected chi connectivity index (χ3v) is 3.86. The van der Waals surface area contributed by atoms with Crippen molar-refractivity contribution in [3.8, 4) is 0 Å². The number of para-hydroxylation sites is 1. The fourth-order valence-corrected chi connectivity index (χ4v) is 2.69. The Labute approximate surface area is 142 Å². The first kappa shape index (κ1) is 16.1. The predicted octanol–water partition coefficient (Wildman–Crippen LogP) is 2.16. The zero-order valence-electron chi connectivity index (χ0n) is 14.0. The summed E-state index contributed by atoms with van der Waals surface area (Å²) in [5.41, 5.74) is 2.49. The van der Waals surface area contributed by atoms with Crippen LogP contribution in [0.2, 0.25) is 0 Å². The molecule has 6 heteroatoms. The normalized spacial score (nSPS) is 11.8. The summed E-state index contributed by atoms with van der Waals surface area (Å²) in [5.74, 6) is 0.851. The van der Waals surface area contributed by atoms with E-state index in [1.165, 1.54) is 16.5 Å². The summed E-state index contributed by atoms with van der Waals surface area (Å²) in [7, 11) is 0. The lowest BCUT2D eigenvalue weighted by Crippen LogP contribution is -2.39. The quantitative estimate of drug-likeness (QED) is 0.461. The number of hydrogen-bond donors (Lipinski definition) is 3. The van der Waals surface area contributed by atoms with Gasteiger partial charge in [0.15, 0.2) is 5.96 Å². The number of nitrogens with one attached hydrogen (secondary N) is 3. The maximum atomic E-state index is 4.66. The van der Waals surface area contributed by atoms with Crippen LogP contribution in [0.15, 0.2) is 53.9 Å². The van der Waals surface area contributed by atoms with Gasteiger partial charge in [-0.05, 0) is 31.0 Å². The van der Waals surface area contributed by atoms with Crippen LogP contribution >= 0.6 is 0 Å². The molecule has 0 atom stereocenters. The largest absolute Gasteiger partial charge is 0.361 e. The first-order chi connectivity index (χ1) is 11.9. The highest BCUT2D eigenvalue weighted by Gasteiger charge is 2.03. The van der Waals surface area contributed by atoms with Crippen LogP contribution in [-0.2, 0) is 13.0 Å². The van der Waals surface area contributed by atoms with Gasteiger partial charge in [-0.3, -0.25) is 9.67 Å². The third kappa shape index (κ3) is 4.16. The molecule has 0 aliphatic carbocycles. The molecular weight excluding hydrogens is 300 g/mol. The van der Waals surface area contributed by atoms with Gasteiger partial charge in [0.25, 0.3) is 0 Å². The monoisotopic (exact) mass is 324 g/mol. The van der Waals surface area contributed by atoms with Crippen molar-refractivity contribution in [3.05, 3.63) is 54.5 Å². The molecule has 0 fully saturated rings. The Balaban J connectivity index is 1.53. The zero-order chi connectivity index (χ0) is 16.6. The van der Waals surface area contributed by atoms with E-state index in [1.807, 2.05) is 23.0 Å². The minimum Gasteiger partial charge on any atom is -0.361 e. The van der Waals surface area contributed by atoms with Crippen LogP contribution in [0.5, 0.6) is 0 Å². The van der Waals surface area contributed by atoms with Crippen molar-refractivity contribution < 1.29 is 0 Å². The van der Waals surface area contributed by atoms with E-state index in [9.17, 15) is 0 Å². The van der Waals surface area contributed by atoms with Crippen LogP contribution in [0.3, 0.4) is 0 Å². The molecule has 2 heterocycles. The molecular formula is C18H24N6. The molecule has 1 aromatic carbocycles. The summed E-state index contributed by atoms with van der Waals surface area (Å²) in [4.78, 5) is 7.98. The Morgan fingerprint density at radius 3 is 3.00 bits per heavy atom. The molecule has 0 radical (unpaired) electrons. The van der Waals surface area contributed by atoms with Crippen molar-refractivity contribution in [2.75, 3.05) is 19.6 Å². The Bertz CT molecular complexity index is 772. The van der Waals surface area contributed by atoms with E-state index in [4.69, 9.17) is 0 Å². The van der Waals surface area contributed by atoms with Gasteiger partial charge in [0.05, 0.1) is 6.54 Å². The fraction of sp³-hybridized carbons (Fsp3) is 0.333. The molecule has 24 heavy (non-hydrogen) atoms. The summed E-state index contributed by atoms with van der Waals surface area (Å²) in [6.07, 6.45) is 6.75. The topological polar surface area (TPSA) is 70.0 Å². The van der Waals surface area contributed by atoms with Crippen LogP contribution in [-0.4, -0.2) is 40.4 Å². The van der Waals surface area contributed by atoms with Gasteiger partial charge in [-0.15, -0.1) is 0 Å². The molecule has 126 valence electrons. The number of nitrogens with zero attached hydrogens (tertiary/aromatic N) is 3. The second-order valence-corrected chi connectivity index (χ2v) is 5.57. The van der Waals surface area contributed by atoms with E-state index in [0.717, 1.165) is 38.6 Å². The average Bonchev–Trinajstić information content (AvgIpc) is 3.25. The van der Waals surface area contributed by atoms with Gasteiger partial charge in [-0.1, -0.05) is 18.2 Å². The number of aromatic nitrogens is 3. The van der Waals surface area contributed by atoms with Gasteiger partial charge in [-0.25, -0.2) is 0 Å². The number of aliphatic imine (C=N–C) groups is 1. The lowest BCUT2D eigenvalue weighted by atomic mass is 10.1. The van der Waals surface area contributed by atoms with E-state index in [-0.39, 0.29) is 0 Å². The molecule has 3 rings (SSSR count). The van der Waals surface area contributed by atoms with Gasteiger partial charge in [0.2, 0.25) is 0 Å². The van der Waals surface area contributed by atoms with Gasteiger partial charge in [0.1, 0.15) is 0 Å². The summed E-state index contributed by atoms with van der Waals surface area (Å²) in [5, 5.41) is 12.1. The Morgan fingerprint density at radius 1 is 1.25 bits per heavy atom. The second-order valence-electron chi connectivity index (χ2n) is 5.57. The molecule has 0 amide bonds. The van der Waals surface area contributed by atoms with E-state index >= 15 is 0 Å². The standard InChI is InChI=1S/C18H24N6/c1-2-19-18(21-11-13-24-12-5-9-23-24)20-10-8-15-14-22-17-7-4-3-6-16(15)17/h3-7,9,12,14,22H,2,8,10-11,13H2,1H3,(H2,19,20,21). The molecule has 2 aromatic heterocycles. The Kier molecular flexibility index (Phi) is 5.50. The van der Waals surface area contributed by atoms with E-state index in [2.05, 4.69) is 57.0 Å². The number of H-pyrrole nitrogens is 1. The van der Waals surface area contributed by atoms with Crippen LogP contribution < -0.4 is 10.6 Å². The Morgan fingerprint density at radius 2 is 2.17 bits per heavy atom. The summed E-state index contributed by atoms with van der Waals surface area (Å²) in [6.45, 7) is 5.28. The lowest BCUT2D eigenvalue weighted by Gasteiger charge is -2.11. The Hall–Kier alpha value is -2.76. The van der Waals surface area contributed by atoms with Gasteiger partial charge in [0, 0.05) is 49.1 Å². The zero-order valence-corrected chi connectivity index (χ0v) is 14.0. The van der Waals surface area contributed by atoms with Crippen molar-refractivity contribution in [1.29, 1.82) is 0 Å². The van der Waals surface area contributed by atoms with Gasteiger partial charge >= 0.3 is 0 Å². The molecule has 0 aliphatic rings. The van der Waals surface area contributed by atoms with Crippen LogP contribution in [0, 0.1) is 0 Å². The summed E-state index contributed by atoms with van der Waals surface area (Å²) < 4.78 is 1.91. The number of benzene rings is 1. The van der Waals surface area contributed by atoms with E-state index in [1.54, 1.807) is 6.20 Å². The number of rotatable bonds is 7. The lowest BCUT2D eigenvalue weighted by molar-refractivity contribution is 0.598. The summed E-state index contributed by atoms with van der Waals surface area (Å²) >= 11 is 0. The first-order valence-electron chi connectivity index (χ1n) is 8.41. The molecule has 0 spiro atoms. The van der Waals surface area contributed by atoms with Crippen molar-refractivity contribution in [2.24, 2.45) is 4.99 Å². The second kappa shape index (κ2) is 8.19. The molecule has 0 saturated carbocycles. The summed E-state index contributed by atoms with van der Waals surface area (Å²) in [6, 6.07) is 10.3. The molecule has 0 bridgehead atoms. The van der Waals surface area contributed by atoms with Crippen molar-refractivity contribution in [1.82, 2.24) is 25.4 Å². The number of hydrogen-bond acceptors (Lipinski definition) is 2. The van der Waals surface area contributed by atoms with Gasteiger partial charge < -0.3 is 15.6 Å². The predicted molar refractivity (Wildman–Crippen MR) is 98.2 cm³/mol. The highest BCUT2D eigenvalue weighted by atomic mass is 15.3. The molecule has 0 unspecified atom stereocenters. The highest BCUT2D eigenvalue weighted by molar-refractivity contribution is 5.83. The maximum absolute atomic E-state index is 4.66. The average molecular weight is 324 g/mol. The maximum Gasteiger partial charge on any atom is 0.191 e. The van der Waals surface area contributed by atoms with Crippen LogP contribution in [0.25, 0.3) is 10.9 Å². The number of fused-ring (bicyclic) bond motifs is 1. The van der Waals surface area contributed by atoms with Crippen LogP contribution in [0.1, 0.15) is 12.5 Å². The molecule has 0 aliphatic heterocycles. The number of guanidine groups is 1. The van der Waals surface area contributed by atoms with Crippen molar-refractivity contribution in [2.45, 2.75) is 19.9 Å². The molecule has 3 N–H and O–H groups in total. The molecule has 6 nitrogen and oxygen atoms in total. The van der Waals surface area contributed by atoms with E-state index < -0.39 is 0 Å². The van der Waals surface area contributed by atoms with Crippen molar-refractivity contribution in [3.63, 3.8) is 0 Å². The van der Waals surface area contributed by atoms with E-state index in [0.29, 0.717) is 0 Å². The van der Waals surface area contributed by atoms with Crippen LogP contribution in [0.4, 0.5) is 0 Å². The SMILES string of the molecule is CCNC(=NCCc1c[nH]c2ccccc12)NCCn1cccn1.